The van der Waals surface area contributed by atoms with Gasteiger partial charge >= 0.3 is 0 Å². The second kappa shape index (κ2) is 13.3. The standard InChI is InChI=1S/C29H42FN3O2S/c1-23(19-29(2,3)4)18-27(34)32(16-15-31-13-5-6-14-31)22-28(35)33(21-26-8-7-17-36-26)20-24-9-11-25(30)12-10-24/h7-12,17,23H,5-6,13-16,18-22H2,1-4H3. The van der Waals surface area contributed by atoms with Crippen molar-refractivity contribution in [1.29, 1.82) is 0 Å². The lowest BCUT2D eigenvalue weighted by atomic mass is 9.84. The van der Waals surface area contributed by atoms with Crippen LogP contribution in [0.25, 0.3) is 0 Å². The molecule has 0 bridgehead atoms. The maximum atomic E-state index is 13.6. The van der Waals surface area contributed by atoms with Gasteiger partial charge in [-0.15, -0.1) is 11.3 Å². The first-order chi connectivity index (χ1) is 17.1. The molecule has 0 radical (unpaired) electrons. The summed E-state index contributed by atoms with van der Waals surface area (Å²) < 4.78 is 13.4. The summed E-state index contributed by atoms with van der Waals surface area (Å²) in [6, 6.07) is 10.3. The Labute approximate surface area is 220 Å². The molecule has 0 N–H and O–H groups in total. The molecule has 1 aliphatic rings. The number of rotatable bonds is 12. The molecule has 1 aromatic heterocycles. The highest BCUT2D eigenvalue weighted by Crippen LogP contribution is 2.26. The molecule has 2 aromatic rings. The molecule has 3 rings (SSSR count). The van der Waals surface area contributed by atoms with Crippen molar-refractivity contribution in [2.24, 2.45) is 11.3 Å². The Morgan fingerprint density at radius 2 is 1.72 bits per heavy atom. The van der Waals surface area contributed by atoms with Crippen LogP contribution in [0.5, 0.6) is 0 Å². The normalized spacial score (nSPS) is 15.1. The van der Waals surface area contributed by atoms with Crippen LogP contribution < -0.4 is 0 Å². The van der Waals surface area contributed by atoms with Crippen LogP contribution in [0.1, 0.15) is 63.8 Å². The maximum absolute atomic E-state index is 13.6. The summed E-state index contributed by atoms with van der Waals surface area (Å²) in [4.78, 5) is 34.0. The van der Waals surface area contributed by atoms with Crippen LogP contribution >= 0.6 is 11.3 Å². The van der Waals surface area contributed by atoms with Crippen molar-refractivity contribution in [3.8, 4) is 0 Å². The van der Waals surface area contributed by atoms with E-state index in [9.17, 15) is 14.0 Å². The van der Waals surface area contributed by atoms with Crippen LogP contribution in [0.4, 0.5) is 4.39 Å². The highest BCUT2D eigenvalue weighted by Gasteiger charge is 2.26. The number of benzene rings is 1. The van der Waals surface area contributed by atoms with E-state index in [-0.39, 0.29) is 35.5 Å². The third kappa shape index (κ3) is 9.66. The molecule has 1 aromatic carbocycles. The predicted molar refractivity (Wildman–Crippen MR) is 145 cm³/mol. The van der Waals surface area contributed by atoms with Gasteiger partial charge < -0.3 is 14.7 Å². The summed E-state index contributed by atoms with van der Waals surface area (Å²) in [7, 11) is 0. The lowest BCUT2D eigenvalue weighted by Gasteiger charge is -2.30. The summed E-state index contributed by atoms with van der Waals surface area (Å²) in [6.07, 6.45) is 3.80. The third-order valence-corrected chi connectivity index (χ3v) is 7.47. The first-order valence-electron chi connectivity index (χ1n) is 13.1. The molecule has 1 aliphatic heterocycles. The van der Waals surface area contributed by atoms with Crippen LogP contribution in [-0.4, -0.2) is 59.2 Å². The monoisotopic (exact) mass is 515 g/mol. The van der Waals surface area contributed by atoms with E-state index < -0.39 is 0 Å². The summed E-state index contributed by atoms with van der Waals surface area (Å²) in [5.41, 5.74) is 1.03. The average molecular weight is 516 g/mol. The third-order valence-electron chi connectivity index (χ3n) is 6.61. The number of likely N-dealkylation sites (tertiary alicyclic amines) is 1. The highest BCUT2D eigenvalue weighted by atomic mass is 32.1. The van der Waals surface area contributed by atoms with Crippen LogP contribution in [-0.2, 0) is 22.7 Å². The number of halogens is 1. The molecule has 2 amide bonds. The van der Waals surface area contributed by atoms with Crippen molar-refractivity contribution in [2.45, 2.75) is 66.5 Å². The van der Waals surface area contributed by atoms with E-state index in [0.29, 0.717) is 26.1 Å². The van der Waals surface area contributed by atoms with Gasteiger partial charge in [-0.3, -0.25) is 9.59 Å². The van der Waals surface area contributed by atoms with Crippen molar-refractivity contribution in [3.05, 3.63) is 58.0 Å². The van der Waals surface area contributed by atoms with Crippen molar-refractivity contribution in [3.63, 3.8) is 0 Å². The minimum Gasteiger partial charge on any atom is -0.332 e. The lowest BCUT2D eigenvalue weighted by Crippen LogP contribution is -2.45. The van der Waals surface area contributed by atoms with Gasteiger partial charge in [0.25, 0.3) is 0 Å². The van der Waals surface area contributed by atoms with Crippen molar-refractivity contribution in [1.82, 2.24) is 14.7 Å². The molecule has 1 unspecified atom stereocenters. The summed E-state index contributed by atoms with van der Waals surface area (Å²) >= 11 is 1.61. The molecular formula is C29H42FN3O2S. The van der Waals surface area contributed by atoms with Crippen LogP contribution in [0, 0.1) is 17.2 Å². The van der Waals surface area contributed by atoms with Gasteiger partial charge in [0.05, 0.1) is 13.1 Å². The van der Waals surface area contributed by atoms with Crippen LogP contribution in [0.15, 0.2) is 41.8 Å². The van der Waals surface area contributed by atoms with Crippen molar-refractivity contribution < 1.29 is 14.0 Å². The predicted octanol–water partition coefficient (Wildman–Crippen LogP) is 5.80. The van der Waals surface area contributed by atoms with E-state index >= 15 is 0 Å². The Balaban J connectivity index is 1.72. The molecule has 5 nitrogen and oxygen atoms in total. The van der Waals surface area contributed by atoms with Gasteiger partial charge in [0.15, 0.2) is 0 Å². The fourth-order valence-corrected chi connectivity index (χ4v) is 5.72. The van der Waals surface area contributed by atoms with E-state index in [4.69, 9.17) is 0 Å². The zero-order valence-corrected chi connectivity index (χ0v) is 23.2. The largest absolute Gasteiger partial charge is 0.332 e. The van der Waals surface area contributed by atoms with E-state index in [2.05, 4.69) is 32.6 Å². The average Bonchev–Trinajstić information content (AvgIpc) is 3.50. The minimum atomic E-state index is -0.294. The molecule has 2 heterocycles. The van der Waals surface area contributed by atoms with Gasteiger partial charge in [-0.1, -0.05) is 45.9 Å². The zero-order chi connectivity index (χ0) is 26.1. The lowest BCUT2D eigenvalue weighted by molar-refractivity contribution is -0.142. The number of hydrogen-bond donors (Lipinski definition) is 0. The first-order valence-corrected chi connectivity index (χ1v) is 14.0. The SMILES string of the molecule is CC(CC(=O)N(CCN1CCCC1)CC(=O)N(Cc1ccc(F)cc1)Cc1cccs1)CC(C)(C)C. The zero-order valence-electron chi connectivity index (χ0n) is 22.3. The molecule has 0 aliphatic carbocycles. The fourth-order valence-electron chi connectivity index (χ4n) is 5.00. The Morgan fingerprint density at radius 3 is 2.33 bits per heavy atom. The second-order valence-corrected chi connectivity index (χ2v) is 12.4. The summed E-state index contributed by atoms with van der Waals surface area (Å²) in [6.45, 7) is 13.1. The molecule has 1 fully saturated rings. The summed E-state index contributed by atoms with van der Waals surface area (Å²) in [5, 5.41) is 2.00. The van der Waals surface area contributed by atoms with Gasteiger partial charge in [-0.2, -0.15) is 0 Å². The van der Waals surface area contributed by atoms with E-state index in [1.165, 1.54) is 25.0 Å². The Hall–Kier alpha value is -2.25. The topological polar surface area (TPSA) is 43.9 Å². The maximum Gasteiger partial charge on any atom is 0.242 e. The number of carbonyl (C=O) groups is 2. The summed E-state index contributed by atoms with van der Waals surface area (Å²) in [5.74, 6) is -0.0654. The van der Waals surface area contributed by atoms with Gasteiger partial charge in [0, 0.05) is 30.9 Å². The number of amides is 2. The Morgan fingerprint density at radius 1 is 1.03 bits per heavy atom. The number of thiophene rings is 1. The Bertz CT molecular complexity index is 950. The first kappa shape index (κ1) is 28.3. The van der Waals surface area contributed by atoms with Gasteiger partial charge in [0.1, 0.15) is 5.82 Å². The number of carbonyl (C=O) groups excluding carboxylic acids is 2. The van der Waals surface area contributed by atoms with E-state index in [0.717, 1.165) is 36.5 Å². The molecule has 0 saturated carbocycles. The van der Waals surface area contributed by atoms with Crippen LogP contribution in [0.3, 0.4) is 0 Å². The molecule has 36 heavy (non-hydrogen) atoms. The number of nitrogens with zero attached hydrogens (tertiary/aromatic N) is 3. The molecule has 198 valence electrons. The smallest absolute Gasteiger partial charge is 0.242 e. The van der Waals surface area contributed by atoms with E-state index in [1.54, 1.807) is 33.3 Å². The van der Waals surface area contributed by atoms with E-state index in [1.807, 2.05) is 17.5 Å². The second-order valence-electron chi connectivity index (χ2n) is 11.4. The molecule has 0 spiro atoms. The molecule has 1 saturated heterocycles. The number of hydrogen-bond acceptors (Lipinski definition) is 4. The quantitative estimate of drug-likeness (QED) is 0.359. The van der Waals surface area contributed by atoms with Gasteiger partial charge in [-0.05, 0) is 72.8 Å². The molecular weight excluding hydrogens is 473 g/mol. The molecule has 7 heteroatoms. The Kier molecular flexibility index (Phi) is 10.5. The molecule has 1 atom stereocenters. The van der Waals surface area contributed by atoms with Crippen molar-refractivity contribution in [2.75, 3.05) is 32.7 Å². The highest BCUT2D eigenvalue weighted by molar-refractivity contribution is 7.09. The fraction of sp³-hybridized carbons (Fsp3) is 0.586. The van der Waals surface area contributed by atoms with Crippen molar-refractivity contribution >= 4 is 23.2 Å². The minimum absolute atomic E-state index is 0.0529. The van der Waals surface area contributed by atoms with Gasteiger partial charge in [-0.25, -0.2) is 4.39 Å². The van der Waals surface area contributed by atoms with Gasteiger partial charge in [0.2, 0.25) is 11.8 Å². The van der Waals surface area contributed by atoms with Crippen LogP contribution in [0.2, 0.25) is 0 Å².